The number of benzene rings is 2. The monoisotopic (exact) mass is 297 g/mol. The van der Waals surface area contributed by atoms with Gasteiger partial charge in [0.1, 0.15) is 0 Å². The zero-order chi connectivity index (χ0) is 15.4. The number of anilines is 1. The third kappa shape index (κ3) is 3.58. The molecule has 0 aromatic heterocycles. The molecule has 2 aromatic carbocycles. The van der Waals surface area contributed by atoms with Gasteiger partial charge in [-0.2, -0.15) is 0 Å². The van der Waals surface area contributed by atoms with E-state index in [1.165, 1.54) is 11.1 Å². The maximum atomic E-state index is 12.0. The Labute approximate surface area is 130 Å². The Morgan fingerprint density at radius 3 is 2.68 bits per heavy atom. The van der Waals surface area contributed by atoms with Gasteiger partial charge in [-0.1, -0.05) is 29.8 Å². The SMILES string of the molecule is Cc1ccc(CCCC(=O)Nc2ccc3c(c2)OCO3)cc1. The van der Waals surface area contributed by atoms with Crippen LogP contribution in [-0.2, 0) is 11.2 Å². The molecule has 1 N–H and O–H groups in total. The summed E-state index contributed by atoms with van der Waals surface area (Å²) in [5.41, 5.74) is 3.26. The highest BCUT2D eigenvalue weighted by molar-refractivity contribution is 5.91. The first kappa shape index (κ1) is 14.4. The average molecular weight is 297 g/mol. The van der Waals surface area contributed by atoms with Crippen molar-refractivity contribution in [3.63, 3.8) is 0 Å². The Kier molecular flexibility index (Phi) is 4.28. The topological polar surface area (TPSA) is 47.6 Å². The molecule has 1 aliphatic rings. The van der Waals surface area contributed by atoms with Gasteiger partial charge in [-0.15, -0.1) is 0 Å². The fourth-order valence-corrected chi connectivity index (χ4v) is 2.41. The van der Waals surface area contributed by atoms with Crippen LogP contribution in [0.2, 0.25) is 0 Å². The molecule has 0 aliphatic carbocycles. The van der Waals surface area contributed by atoms with Crippen LogP contribution in [0.5, 0.6) is 11.5 Å². The quantitative estimate of drug-likeness (QED) is 0.915. The van der Waals surface area contributed by atoms with Gasteiger partial charge in [0, 0.05) is 18.2 Å². The van der Waals surface area contributed by atoms with Crippen molar-refractivity contribution in [3.8, 4) is 11.5 Å². The predicted octanol–water partition coefficient (Wildman–Crippen LogP) is 3.69. The van der Waals surface area contributed by atoms with E-state index in [2.05, 4.69) is 36.5 Å². The number of rotatable bonds is 5. The first-order valence-electron chi connectivity index (χ1n) is 7.46. The Bertz CT molecular complexity index is 665. The van der Waals surface area contributed by atoms with E-state index in [0.29, 0.717) is 12.2 Å². The summed E-state index contributed by atoms with van der Waals surface area (Å²) in [6.45, 7) is 2.31. The maximum absolute atomic E-state index is 12.0. The number of hydrogen-bond donors (Lipinski definition) is 1. The van der Waals surface area contributed by atoms with Crippen molar-refractivity contribution in [2.45, 2.75) is 26.2 Å². The molecule has 4 nitrogen and oxygen atoms in total. The first-order chi connectivity index (χ1) is 10.7. The van der Waals surface area contributed by atoms with E-state index < -0.39 is 0 Å². The van der Waals surface area contributed by atoms with Crippen molar-refractivity contribution in [2.24, 2.45) is 0 Å². The summed E-state index contributed by atoms with van der Waals surface area (Å²) >= 11 is 0. The largest absolute Gasteiger partial charge is 0.454 e. The van der Waals surface area contributed by atoms with Crippen LogP contribution in [0, 0.1) is 6.92 Å². The van der Waals surface area contributed by atoms with Crippen molar-refractivity contribution < 1.29 is 14.3 Å². The number of aryl methyl sites for hydroxylation is 2. The van der Waals surface area contributed by atoms with Crippen LogP contribution in [0.1, 0.15) is 24.0 Å². The van der Waals surface area contributed by atoms with Crippen molar-refractivity contribution in [1.29, 1.82) is 0 Å². The van der Waals surface area contributed by atoms with E-state index in [9.17, 15) is 4.79 Å². The van der Waals surface area contributed by atoms with Gasteiger partial charge in [0.2, 0.25) is 12.7 Å². The number of fused-ring (bicyclic) bond motifs is 1. The Morgan fingerprint density at radius 1 is 1.09 bits per heavy atom. The van der Waals surface area contributed by atoms with Crippen LogP contribution in [0.3, 0.4) is 0 Å². The van der Waals surface area contributed by atoms with Crippen LogP contribution < -0.4 is 14.8 Å². The Morgan fingerprint density at radius 2 is 1.86 bits per heavy atom. The lowest BCUT2D eigenvalue weighted by atomic mass is 10.1. The van der Waals surface area contributed by atoms with Gasteiger partial charge >= 0.3 is 0 Å². The van der Waals surface area contributed by atoms with Crippen molar-refractivity contribution in [2.75, 3.05) is 12.1 Å². The highest BCUT2D eigenvalue weighted by Crippen LogP contribution is 2.34. The summed E-state index contributed by atoms with van der Waals surface area (Å²) in [5, 5.41) is 2.89. The molecule has 0 atom stereocenters. The molecule has 0 fully saturated rings. The standard InChI is InChI=1S/C18H19NO3/c1-13-5-7-14(8-6-13)3-2-4-18(20)19-15-9-10-16-17(11-15)22-12-21-16/h5-11H,2-4,12H2,1H3,(H,19,20). The summed E-state index contributed by atoms with van der Waals surface area (Å²) < 4.78 is 10.5. The van der Waals surface area contributed by atoms with Crippen molar-refractivity contribution in [3.05, 3.63) is 53.6 Å². The molecule has 22 heavy (non-hydrogen) atoms. The number of hydrogen-bond acceptors (Lipinski definition) is 3. The third-order valence-electron chi connectivity index (χ3n) is 3.65. The summed E-state index contributed by atoms with van der Waals surface area (Å²) in [4.78, 5) is 12.0. The minimum absolute atomic E-state index is 0.0194. The molecule has 114 valence electrons. The van der Waals surface area contributed by atoms with E-state index >= 15 is 0 Å². The van der Waals surface area contributed by atoms with E-state index in [1.54, 1.807) is 6.07 Å². The lowest BCUT2D eigenvalue weighted by Crippen LogP contribution is -2.11. The van der Waals surface area contributed by atoms with E-state index in [0.717, 1.165) is 24.3 Å². The summed E-state index contributed by atoms with van der Waals surface area (Å²) in [6.07, 6.45) is 2.25. The van der Waals surface area contributed by atoms with Crippen molar-refractivity contribution in [1.82, 2.24) is 0 Å². The molecule has 1 aliphatic heterocycles. The summed E-state index contributed by atoms with van der Waals surface area (Å²) in [7, 11) is 0. The first-order valence-corrected chi connectivity index (χ1v) is 7.46. The fraction of sp³-hybridized carbons (Fsp3) is 0.278. The summed E-state index contributed by atoms with van der Waals surface area (Å²) in [5.74, 6) is 1.42. The Hall–Kier alpha value is -2.49. The van der Waals surface area contributed by atoms with Gasteiger partial charge in [0.15, 0.2) is 11.5 Å². The minimum atomic E-state index is 0.0194. The minimum Gasteiger partial charge on any atom is -0.454 e. The number of carbonyl (C=O) groups excluding carboxylic acids is 1. The normalized spacial score (nSPS) is 12.2. The van der Waals surface area contributed by atoms with E-state index in [-0.39, 0.29) is 12.7 Å². The molecule has 0 unspecified atom stereocenters. The predicted molar refractivity (Wildman–Crippen MR) is 85.3 cm³/mol. The fourth-order valence-electron chi connectivity index (χ4n) is 2.41. The lowest BCUT2D eigenvalue weighted by Gasteiger charge is -2.06. The second kappa shape index (κ2) is 6.52. The highest BCUT2D eigenvalue weighted by atomic mass is 16.7. The molecule has 0 saturated heterocycles. The smallest absolute Gasteiger partial charge is 0.231 e. The molecule has 0 bridgehead atoms. The molecule has 0 radical (unpaired) electrons. The number of nitrogens with one attached hydrogen (secondary N) is 1. The average Bonchev–Trinajstić information content (AvgIpc) is 2.97. The van der Waals surface area contributed by atoms with E-state index in [1.807, 2.05) is 12.1 Å². The van der Waals surface area contributed by atoms with Gasteiger partial charge in [0.25, 0.3) is 0 Å². The zero-order valence-corrected chi connectivity index (χ0v) is 12.6. The van der Waals surface area contributed by atoms with Crippen LogP contribution >= 0.6 is 0 Å². The van der Waals surface area contributed by atoms with Gasteiger partial charge < -0.3 is 14.8 Å². The Balaban J connectivity index is 1.47. The molecular formula is C18H19NO3. The molecule has 4 heteroatoms. The van der Waals surface area contributed by atoms with Crippen LogP contribution in [0.4, 0.5) is 5.69 Å². The van der Waals surface area contributed by atoms with Crippen LogP contribution in [-0.4, -0.2) is 12.7 Å². The van der Waals surface area contributed by atoms with E-state index in [4.69, 9.17) is 9.47 Å². The second-order valence-corrected chi connectivity index (χ2v) is 5.46. The molecule has 1 amide bonds. The molecule has 0 spiro atoms. The summed E-state index contributed by atoms with van der Waals surface area (Å²) in [6, 6.07) is 13.9. The molecular weight excluding hydrogens is 278 g/mol. The maximum Gasteiger partial charge on any atom is 0.231 e. The highest BCUT2D eigenvalue weighted by Gasteiger charge is 2.13. The molecule has 3 rings (SSSR count). The van der Waals surface area contributed by atoms with Crippen LogP contribution in [0.25, 0.3) is 0 Å². The van der Waals surface area contributed by atoms with Gasteiger partial charge in [0.05, 0.1) is 0 Å². The lowest BCUT2D eigenvalue weighted by molar-refractivity contribution is -0.116. The van der Waals surface area contributed by atoms with Gasteiger partial charge in [-0.3, -0.25) is 4.79 Å². The van der Waals surface area contributed by atoms with Crippen molar-refractivity contribution >= 4 is 11.6 Å². The van der Waals surface area contributed by atoms with Gasteiger partial charge in [-0.25, -0.2) is 0 Å². The van der Waals surface area contributed by atoms with Gasteiger partial charge in [-0.05, 0) is 37.5 Å². The molecule has 0 saturated carbocycles. The molecule has 2 aromatic rings. The third-order valence-corrected chi connectivity index (χ3v) is 3.65. The zero-order valence-electron chi connectivity index (χ0n) is 12.6. The second-order valence-electron chi connectivity index (χ2n) is 5.46. The number of amides is 1. The number of carbonyl (C=O) groups is 1. The number of ether oxygens (including phenoxy) is 2. The molecule has 1 heterocycles. The van der Waals surface area contributed by atoms with Crippen LogP contribution in [0.15, 0.2) is 42.5 Å².